The Morgan fingerprint density at radius 2 is 1.74 bits per heavy atom. The maximum atomic E-state index is 5.47. The van der Waals surface area contributed by atoms with Crippen LogP contribution in [0.15, 0.2) is 61.3 Å². The fourth-order valence-corrected chi connectivity index (χ4v) is 4.78. The molecule has 0 amide bonds. The number of anilines is 4. The molecule has 1 aromatic carbocycles. The first-order valence-corrected chi connectivity index (χ1v) is 12.9. The van der Waals surface area contributed by atoms with Gasteiger partial charge in [0.05, 0.1) is 42.6 Å². The Bertz CT molecular complexity index is 1350. The summed E-state index contributed by atoms with van der Waals surface area (Å²) in [6, 6.07) is 12.0. The van der Waals surface area contributed by atoms with E-state index in [4.69, 9.17) is 14.5 Å². The van der Waals surface area contributed by atoms with Gasteiger partial charge in [-0.3, -0.25) is 4.98 Å². The number of piperidine rings is 1. The highest BCUT2D eigenvalue weighted by Crippen LogP contribution is 2.25. The Morgan fingerprint density at radius 3 is 2.53 bits per heavy atom. The van der Waals surface area contributed by atoms with E-state index in [-0.39, 0.29) is 0 Å². The fourth-order valence-electron chi connectivity index (χ4n) is 4.78. The average Bonchev–Trinajstić information content (AvgIpc) is 3.49. The van der Waals surface area contributed by atoms with Gasteiger partial charge in [-0.2, -0.15) is 4.98 Å². The summed E-state index contributed by atoms with van der Waals surface area (Å²) in [6.45, 7) is 4.99. The molecule has 0 radical (unpaired) electrons. The van der Waals surface area contributed by atoms with Crippen molar-refractivity contribution in [3.63, 3.8) is 0 Å². The SMILES string of the molecule is COC1CCN(c2ncn(-c3ccc(Nc4nccc(-c5cncc(N6CCOCC6)c5)n4)cc3)n2)CC1. The lowest BCUT2D eigenvalue weighted by Crippen LogP contribution is -2.37. The summed E-state index contributed by atoms with van der Waals surface area (Å²) in [4.78, 5) is 22.6. The number of nitrogens with one attached hydrogen (secondary N) is 1. The third-order valence-electron chi connectivity index (χ3n) is 6.98. The Labute approximate surface area is 221 Å². The van der Waals surface area contributed by atoms with E-state index >= 15 is 0 Å². The van der Waals surface area contributed by atoms with E-state index < -0.39 is 0 Å². The molecule has 1 N–H and O–H groups in total. The zero-order valence-electron chi connectivity index (χ0n) is 21.4. The van der Waals surface area contributed by atoms with Crippen molar-refractivity contribution < 1.29 is 9.47 Å². The van der Waals surface area contributed by atoms with Gasteiger partial charge in [0.2, 0.25) is 11.9 Å². The molecule has 4 aromatic rings. The molecule has 0 atom stereocenters. The molecule has 0 bridgehead atoms. The molecule has 11 nitrogen and oxygen atoms in total. The topological polar surface area (TPSA) is 106 Å². The van der Waals surface area contributed by atoms with Crippen molar-refractivity contribution in [2.75, 3.05) is 61.6 Å². The smallest absolute Gasteiger partial charge is 0.245 e. The van der Waals surface area contributed by atoms with Crippen LogP contribution in [-0.4, -0.2) is 82.3 Å². The quantitative estimate of drug-likeness (QED) is 0.396. The number of methoxy groups -OCH3 is 1. The van der Waals surface area contributed by atoms with E-state index in [1.807, 2.05) is 42.7 Å². The Kier molecular flexibility index (Phi) is 7.10. The van der Waals surface area contributed by atoms with Gasteiger partial charge in [-0.1, -0.05) is 0 Å². The van der Waals surface area contributed by atoms with Crippen LogP contribution >= 0.6 is 0 Å². The average molecular weight is 514 g/mol. The van der Waals surface area contributed by atoms with Gasteiger partial charge >= 0.3 is 0 Å². The zero-order valence-corrected chi connectivity index (χ0v) is 21.4. The van der Waals surface area contributed by atoms with E-state index in [1.54, 1.807) is 24.3 Å². The van der Waals surface area contributed by atoms with Crippen molar-refractivity contribution in [2.24, 2.45) is 0 Å². The molecular formula is C27H31N9O2. The second kappa shape index (κ2) is 11.1. The summed E-state index contributed by atoms with van der Waals surface area (Å²) < 4.78 is 12.7. The number of hydrogen-bond acceptors (Lipinski definition) is 10. The summed E-state index contributed by atoms with van der Waals surface area (Å²) in [5, 5.41) is 7.99. The second-order valence-electron chi connectivity index (χ2n) is 9.38. The van der Waals surface area contributed by atoms with E-state index in [1.165, 1.54) is 0 Å². The number of benzene rings is 1. The van der Waals surface area contributed by atoms with E-state index in [0.29, 0.717) is 12.1 Å². The molecule has 38 heavy (non-hydrogen) atoms. The molecule has 0 aliphatic carbocycles. The van der Waals surface area contributed by atoms with Crippen molar-refractivity contribution in [2.45, 2.75) is 18.9 Å². The van der Waals surface area contributed by atoms with Crippen LogP contribution in [0.3, 0.4) is 0 Å². The van der Waals surface area contributed by atoms with Crippen molar-refractivity contribution in [3.8, 4) is 16.9 Å². The number of aromatic nitrogens is 6. The third kappa shape index (κ3) is 5.43. The van der Waals surface area contributed by atoms with Gasteiger partial charge in [0.15, 0.2) is 0 Å². The van der Waals surface area contributed by atoms with Gasteiger partial charge in [-0.05, 0) is 49.2 Å². The first kappa shape index (κ1) is 24.3. The monoisotopic (exact) mass is 513 g/mol. The van der Waals surface area contributed by atoms with E-state index in [0.717, 1.165) is 86.5 Å². The van der Waals surface area contributed by atoms with Crippen molar-refractivity contribution in [1.29, 1.82) is 0 Å². The molecule has 196 valence electrons. The van der Waals surface area contributed by atoms with Gasteiger partial charge in [0.25, 0.3) is 0 Å². The molecule has 2 aliphatic rings. The Morgan fingerprint density at radius 1 is 0.921 bits per heavy atom. The standard InChI is InChI=1S/C27H31N9O2/c1-37-24-7-10-35(11-8-24)27-30-19-36(33-27)22-4-2-21(3-5-22)31-26-29-9-6-25(32-26)20-16-23(18-28-17-20)34-12-14-38-15-13-34/h2-6,9,16-19,24H,7-8,10-15H2,1H3,(H,29,31,32). The highest BCUT2D eigenvalue weighted by Gasteiger charge is 2.21. The number of ether oxygens (including phenoxy) is 2. The molecular weight excluding hydrogens is 482 g/mol. The molecule has 5 heterocycles. The number of hydrogen-bond donors (Lipinski definition) is 1. The summed E-state index contributed by atoms with van der Waals surface area (Å²) in [5.74, 6) is 1.27. The minimum Gasteiger partial charge on any atom is -0.381 e. The molecule has 2 saturated heterocycles. The van der Waals surface area contributed by atoms with Crippen LogP contribution in [0.2, 0.25) is 0 Å². The van der Waals surface area contributed by atoms with Crippen LogP contribution in [0.4, 0.5) is 23.3 Å². The Balaban J connectivity index is 1.12. The molecule has 0 unspecified atom stereocenters. The molecule has 11 heteroatoms. The normalized spacial score (nSPS) is 16.6. The molecule has 2 aliphatic heterocycles. The Hall–Kier alpha value is -4.09. The molecule has 3 aromatic heterocycles. The van der Waals surface area contributed by atoms with Crippen LogP contribution in [0.5, 0.6) is 0 Å². The van der Waals surface area contributed by atoms with Crippen LogP contribution in [0.25, 0.3) is 16.9 Å². The zero-order chi connectivity index (χ0) is 25.7. The second-order valence-corrected chi connectivity index (χ2v) is 9.38. The lowest BCUT2D eigenvalue weighted by Gasteiger charge is -2.30. The summed E-state index contributed by atoms with van der Waals surface area (Å²) in [7, 11) is 1.78. The highest BCUT2D eigenvalue weighted by molar-refractivity contribution is 5.66. The van der Waals surface area contributed by atoms with Crippen molar-refractivity contribution >= 4 is 23.3 Å². The van der Waals surface area contributed by atoms with E-state index in [9.17, 15) is 0 Å². The lowest BCUT2D eigenvalue weighted by atomic mass is 10.1. The number of rotatable bonds is 7. The number of morpholine rings is 1. The first-order valence-electron chi connectivity index (χ1n) is 12.9. The minimum atomic E-state index is 0.329. The van der Waals surface area contributed by atoms with Gasteiger partial charge in [0, 0.05) is 56.9 Å². The van der Waals surface area contributed by atoms with Gasteiger partial charge in [-0.15, -0.1) is 5.10 Å². The van der Waals surface area contributed by atoms with Gasteiger partial charge in [-0.25, -0.2) is 14.6 Å². The largest absolute Gasteiger partial charge is 0.381 e. The van der Waals surface area contributed by atoms with Crippen molar-refractivity contribution in [1.82, 2.24) is 29.7 Å². The van der Waals surface area contributed by atoms with Crippen molar-refractivity contribution in [3.05, 3.63) is 61.3 Å². The molecule has 2 fully saturated rings. The van der Waals surface area contributed by atoms with Crippen LogP contribution in [0.1, 0.15) is 12.8 Å². The molecule has 6 rings (SSSR count). The summed E-state index contributed by atoms with van der Waals surface area (Å²) >= 11 is 0. The predicted molar refractivity (Wildman–Crippen MR) is 145 cm³/mol. The van der Waals surface area contributed by atoms with Crippen LogP contribution < -0.4 is 15.1 Å². The lowest BCUT2D eigenvalue weighted by molar-refractivity contribution is 0.0816. The maximum absolute atomic E-state index is 5.47. The maximum Gasteiger partial charge on any atom is 0.245 e. The molecule has 0 saturated carbocycles. The summed E-state index contributed by atoms with van der Waals surface area (Å²) in [5.41, 5.74) is 4.65. The van der Waals surface area contributed by atoms with Crippen LogP contribution in [-0.2, 0) is 9.47 Å². The summed E-state index contributed by atoms with van der Waals surface area (Å²) in [6.07, 6.45) is 9.54. The minimum absolute atomic E-state index is 0.329. The highest BCUT2D eigenvalue weighted by atomic mass is 16.5. The molecule has 0 spiro atoms. The predicted octanol–water partition coefficient (Wildman–Crippen LogP) is 3.31. The van der Waals surface area contributed by atoms with E-state index in [2.05, 4.69) is 41.2 Å². The first-order chi connectivity index (χ1) is 18.7. The number of pyridine rings is 1. The van der Waals surface area contributed by atoms with Crippen LogP contribution in [0, 0.1) is 0 Å². The van der Waals surface area contributed by atoms with Gasteiger partial charge < -0.3 is 24.6 Å². The third-order valence-corrected chi connectivity index (χ3v) is 6.98. The van der Waals surface area contributed by atoms with Gasteiger partial charge in [0.1, 0.15) is 6.33 Å². The number of nitrogens with zero attached hydrogens (tertiary/aromatic N) is 8. The fraction of sp³-hybridized carbons (Fsp3) is 0.370.